The monoisotopic (exact) mass is 260 g/mol. The standard InChI is InChI=1S/C13H12N2O4/c16-13(17)12-9-4-1-3-7(9)8-5-2-6-10(15(18)19)11(8)14-12/h1-3,5-7,9,12,14H,4H2,(H,16,17)/t7-,9+,12-/m1/s1. The van der Waals surface area contributed by atoms with E-state index in [9.17, 15) is 20.0 Å². The van der Waals surface area contributed by atoms with Crippen molar-refractivity contribution in [3.63, 3.8) is 0 Å². The molecule has 0 fully saturated rings. The topological polar surface area (TPSA) is 92.5 Å². The third-order valence-corrected chi connectivity index (χ3v) is 3.84. The van der Waals surface area contributed by atoms with Crippen LogP contribution in [0.3, 0.4) is 0 Å². The van der Waals surface area contributed by atoms with E-state index in [1.807, 2.05) is 18.2 Å². The van der Waals surface area contributed by atoms with Gasteiger partial charge >= 0.3 is 5.97 Å². The van der Waals surface area contributed by atoms with E-state index >= 15 is 0 Å². The second kappa shape index (κ2) is 4.08. The lowest BCUT2D eigenvalue weighted by Crippen LogP contribution is -2.42. The highest BCUT2D eigenvalue weighted by Gasteiger charge is 2.42. The minimum Gasteiger partial charge on any atom is -0.480 e. The summed E-state index contributed by atoms with van der Waals surface area (Å²) in [4.78, 5) is 21.9. The van der Waals surface area contributed by atoms with E-state index < -0.39 is 16.9 Å². The molecule has 3 atom stereocenters. The largest absolute Gasteiger partial charge is 0.480 e. The number of nitro groups is 1. The van der Waals surface area contributed by atoms with Crippen LogP contribution in [0.2, 0.25) is 0 Å². The molecule has 1 aromatic carbocycles. The number of hydrogen-bond donors (Lipinski definition) is 2. The number of nitro benzene ring substituents is 1. The summed E-state index contributed by atoms with van der Waals surface area (Å²) in [6, 6.07) is 4.07. The highest BCUT2D eigenvalue weighted by Crippen LogP contribution is 2.47. The smallest absolute Gasteiger partial charge is 0.326 e. The Morgan fingerprint density at radius 1 is 1.47 bits per heavy atom. The van der Waals surface area contributed by atoms with Gasteiger partial charge in [0.05, 0.1) is 4.92 Å². The molecule has 1 aliphatic heterocycles. The molecule has 19 heavy (non-hydrogen) atoms. The summed E-state index contributed by atoms with van der Waals surface area (Å²) in [5.41, 5.74) is 1.08. The lowest BCUT2D eigenvalue weighted by molar-refractivity contribution is -0.384. The number of anilines is 1. The first-order valence-electron chi connectivity index (χ1n) is 6.03. The highest BCUT2D eigenvalue weighted by molar-refractivity contribution is 5.83. The van der Waals surface area contributed by atoms with Gasteiger partial charge in [-0.15, -0.1) is 0 Å². The van der Waals surface area contributed by atoms with Crippen LogP contribution in [-0.4, -0.2) is 22.0 Å². The number of rotatable bonds is 2. The molecule has 0 bridgehead atoms. The van der Waals surface area contributed by atoms with E-state index in [-0.39, 0.29) is 17.5 Å². The van der Waals surface area contributed by atoms with Crippen molar-refractivity contribution in [2.45, 2.75) is 18.4 Å². The molecule has 2 N–H and O–H groups in total. The summed E-state index contributed by atoms with van der Waals surface area (Å²) in [6.45, 7) is 0. The first-order valence-corrected chi connectivity index (χ1v) is 6.03. The zero-order chi connectivity index (χ0) is 13.6. The van der Waals surface area contributed by atoms with E-state index in [0.717, 1.165) is 5.56 Å². The van der Waals surface area contributed by atoms with Crippen molar-refractivity contribution in [3.8, 4) is 0 Å². The molecule has 98 valence electrons. The molecule has 1 aliphatic carbocycles. The number of nitrogens with one attached hydrogen (secondary N) is 1. The number of hydrogen-bond acceptors (Lipinski definition) is 4. The van der Waals surface area contributed by atoms with Crippen LogP contribution in [0.4, 0.5) is 11.4 Å². The summed E-state index contributed by atoms with van der Waals surface area (Å²) < 4.78 is 0. The van der Waals surface area contributed by atoms with Crippen LogP contribution in [0.15, 0.2) is 30.4 Å². The number of carboxylic acid groups (broad SMARTS) is 1. The van der Waals surface area contributed by atoms with Gasteiger partial charge in [0.1, 0.15) is 11.7 Å². The average molecular weight is 260 g/mol. The van der Waals surface area contributed by atoms with E-state index in [1.165, 1.54) is 6.07 Å². The van der Waals surface area contributed by atoms with Crippen LogP contribution >= 0.6 is 0 Å². The van der Waals surface area contributed by atoms with Gasteiger partial charge in [-0.2, -0.15) is 0 Å². The van der Waals surface area contributed by atoms with Gasteiger partial charge < -0.3 is 10.4 Å². The summed E-state index contributed by atoms with van der Waals surface area (Å²) >= 11 is 0. The number of carbonyl (C=O) groups is 1. The molecule has 0 unspecified atom stereocenters. The van der Waals surface area contributed by atoms with E-state index in [0.29, 0.717) is 12.1 Å². The summed E-state index contributed by atoms with van der Waals surface area (Å²) in [6.07, 6.45) is 4.57. The predicted octanol–water partition coefficient (Wildman–Crippen LogP) is 2.13. The lowest BCUT2D eigenvalue weighted by atomic mass is 9.79. The van der Waals surface area contributed by atoms with Gasteiger partial charge in [-0.25, -0.2) is 4.79 Å². The molecule has 6 nitrogen and oxygen atoms in total. The Bertz CT molecular complexity index is 596. The normalized spacial score (nSPS) is 27.3. The number of para-hydroxylation sites is 1. The minimum absolute atomic E-state index is 0.0581. The van der Waals surface area contributed by atoms with E-state index in [2.05, 4.69) is 5.32 Å². The molecular formula is C13H12N2O4. The summed E-state index contributed by atoms with van der Waals surface area (Å²) in [7, 11) is 0. The highest BCUT2D eigenvalue weighted by atomic mass is 16.6. The van der Waals surface area contributed by atoms with Crippen LogP contribution in [0.5, 0.6) is 0 Å². The van der Waals surface area contributed by atoms with Crippen LogP contribution in [0.1, 0.15) is 17.9 Å². The molecule has 3 rings (SSSR count). The Morgan fingerprint density at radius 2 is 2.26 bits per heavy atom. The molecule has 0 saturated heterocycles. The Labute approximate surface area is 108 Å². The quantitative estimate of drug-likeness (QED) is 0.482. The summed E-state index contributed by atoms with van der Waals surface area (Å²) in [5.74, 6) is -1.10. The van der Waals surface area contributed by atoms with Crippen molar-refractivity contribution in [1.82, 2.24) is 0 Å². The van der Waals surface area contributed by atoms with Gasteiger partial charge in [0.2, 0.25) is 0 Å². The van der Waals surface area contributed by atoms with E-state index in [4.69, 9.17) is 0 Å². The molecule has 0 radical (unpaired) electrons. The second-order valence-corrected chi connectivity index (χ2v) is 4.81. The Balaban J connectivity index is 2.15. The van der Waals surface area contributed by atoms with Gasteiger partial charge in [0, 0.05) is 17.9 Å². The van der Waals surface area contributed by atoms with Crippen molar-refractivity contribution in [2.75, 3.05) is 5.32 Å². The minimum atomic E-state index is -0.970. The Hall–Kier alpha value is -2.37. The fourth-order valence-corrected chi connectivity index (χ4v) is 3.00. The predicted molar refractivity (Wildman–Crippen MR) is 68.1 cm³/mol. The molecular weight excluding hydrogens is 248 g/mol. The van der Waals surface area contributed by atoms with Crippen molar-refractivity contribution >= 4 is 17.3 Å². The number of nitrogens with zero attached hydrogens (tertiary/aromatic N) is 1. The van der Waals surface area contributed by atoms with Crippen LogP contribution < -0.4 is 5.32 Å². The van der Waals surface area contributed by atoms with Gasteiger partial charge in [-0.05, 0) is 12.0 Å². The van der Waals surface area contributed by atoms with Crippen molar-refractivity contribution in [1.29, 1.82) is 0 Å². The number of benzene rings is 1. The Kier molecular flexibility index (Phi) is 2.51. The fraction of sp³-hybridized carbons (Fsp3) is 0.308. The number of aliphatic carboxylic acids is 1. The molecule has 0 aromatic heterocycles. The van der Waals surface area contributed by atoms with Gasteiger partial charge in [-0.1, -0.05) is 24.3 Å². The SMILES string of the molecule is O=C(O)[C@@H]1Nc2c(cccc2[N+](=O)[O-])[C@H]2C=CC[C@@H]21. The lowest BCUT2D eigenvalue weighted by Gasteiger charge is -2.34. The molecule has 0 amide bonds. The van der Waals surface area contributed by atoms with Gasteiger partial charge in [0.15, 0.2) is 0 Å². The van der Waals surface area contributed by atoms with Gasteiger partial charge in [-0.3, -0.25) is 10.1 Å². The molecule has 6 heteroatoms. The molecule has 2 aliphatic rings. The van der Waals surface area contributed by atoms with Crippen LogP contribution in [0, 0.1) is 16.0 Å². The zero-order valence-corrected chi connectivity index (χ0v) is 9.95. The zero-order valence-electron chi connectivity index (χ0n) is 9.95. The number of allylic oxidation sites excluding steroid dienone is 2. The first-order chi connectivity index (χ1) is 9.09. The average Bonchev–Trinajstić information content (AvgIpc) is 2.85. The molecule has 1 heterocycles. The second-order valence-electron chi connectivity index (χ2n) is 4.81. The third-order valence-electron chi connectivity index (χ3n) is 3.84. The van der Waals surface area contributed by atoms with Crippen LogP contribution in [0.25, 0.3) is 0 Å². The Morgan fingerprint density at radius 3 is 2.95 bits per heavy atom. The third kappa shape index (κ3) is 1.68. The van der Waals surface area contributed by atoms with Crippen molar-refractivity contribution in [2.24, 2.45) is 5.92 Å². The molecule has 0 spiro atoms. The number of fused-ring (bicyclic) bond motifs is 3. The maximum atomic E-state index is 11.3. The molecule has 0 saturated carbocycles. The van der Waals surface area contributed by atoms with Crippen molar-refractivity contribution in [3.05, 3.63) is 46.0 Å². The van der Waals surface area contributed by atoms with Gasteiger partial charge in [0.25, 0.3) is 5.69 Å². The van der Waals surface area contributed by atoms with E-state index in [1.54, 1.807) is 6.07 Å². The number of carboxylic acids is 1. The maximum Gasteiger partial charge on any atom is 0.326 e. The van der Waals surface area contributed by atoms with Crippen molar-refractivity contribution < 1.29 is 14.8 Å². The summed E-state index contributed by atoms with van der Waals surface area (Å²) in [5, 5.41) is 23.2. The molecule has 1 aromatic rings. The van der Waals surface area contributed by atoms with Crippen LogP contribution in [-0.2, 0) is 4.79 Å². The fourth-order valence-electron chi connectivity index (χ4n) is 3.00. The maximum absolute atomic E-state index is 11.3. The first kappa shape index (κ1) is 11.7.